The lowest BCUT2D eigenvalue weighted by Crippen LogP contribution is -1.92. The Morgan fingerprint density at radius 3 is 2.33 bits per heavy atom. The number of rotatable bonds is 1. The molecule has 1 aromatic rings. The van der Waals surface area contributed by atoms with Gasteiger partial charge in [0.1, 0.15) is 0 Å². The van der Waals surface area contributed by atoms with Crippen molar-refractivity contribution in [2.24, 2.45) is 0 Å². The van der Waals surface area contributed by atoms with Crippen LogP contribution in [0.5, 0.6) is 0 Å². The van der Waals surface area contributed by atoms with E-state index >= 15 is 0 Å². The standard InChI is InChI=1S/C8H9NO.C2H6/c1-6-2-3-7(5-10)8(9)4-6;1-2/h2-5H,9H2,1H3;1-2H3. The van der Waals surface area contributed by atoms with Crippen molar-refractivity contribution in [2.75, 3.05) is 5.73 Å². The monoisotopic (exact) mass is 165 g/mol. The number of anilines is 1. The van der Waals surface area contributed by atoms with E-state index in [1.807, 2.05) is 26.8 Å². The van der Waals surface area contributed by atoms with Crippen LogP contribution in [-0.4, -0.2) is 6.29 Å². The van der Waals surface area contributed by atoms with E-state index in [0.29, 0.717) is 11.3 Å². The average Bonchev–Trinajstić information content (AvgIpc) is 2.08. The maximum absolute atomic E-state index is 10.3. The normalized spacial score (nSPS) is 8.25. The fourth-order valence-electron chi connectivity index (χ4n) is 0.802. The van der Waals surface area contributed by atoms with Crippen molar-refractivity contribution in [3.05, 3.63) is 29.3 Å². The van der Waals surface area contributed by atoms with Gasteiger partial charge in [-0.1, -0.05) is 19.9 Å². The molecule has 1 rings (SSSR count). The van der Waals surface area contributed by atoms with Crippen LogP contribution < -0.4 is 5.73 Å². The van der Waals surface area contributed by atoms with Crippen LogP contribution in [-0.2, 0) is 0 Å². The topological polar surface area (TPSA) is 43.1 Å². The van der Waals surface area contributed by atoms with Crippen molar-refractivity contribution in [3.8, 4) is 0 Å². The first-order valence-electron chi connectivity index (χ1n) is 4.05. The number of benzene rings is 1. The third kappa shape index (κ3) is 2.74. The Balaban J connectivity index is 0.000000561. The summed E-state index contributed by atoms with van der Waals surface area (Å²) in [7, 11) is 0. The van der Waals surface area contributed by atoms with E-state index in [2.05, 4.69) is 0 Å². The van der Waals surface area contributed by atoms with Crippen molar-refractivity contribution in [3.63, 3.8) is 0 Å². The quantitative estimate of drug-likeness (QED) is 0.513. The van der Waals surface area contributed by atoms with Crippen molar-refractivity contribution in [1.82, 2.24) is 0 Å². The lowest BCUT2D eigenvalue weighted by molar-refractivity contribution is 0.112. The molecular weight excluding hydrogens is 150 g/mol. The molecule has 0 radical (unpaired) electrons. The Labute approximate surface area is 73.4 Å². The van der Waals surface area contributed by atoms with Gasteiger partial charge in [-0.05, 0) is 24.6 Å². The van der Waals surface area contributed by atoms with E-state index < -0.39 is 0 Å². The lowest BCUT2D eigenvalue weighted by atomic mass is 10.1. The van der Waals surface area contributed by atoms with E-state index in [1.54, 1.807) is 12.1 Å². The summed E-state index contributed by atoms with van der Waals surface area (Å²) in [5.41, 5.74) is 7.68. The van der Waals surface area contributed by atoms with Gasteiger partial charge in [-0.25, -0.2) is 0 Å². The SMILES string of the molecule is CC.Cc1ccc(C=O)c(N)c1. The molecule has 0 bridgehead atoms. The zero-order valence-corrected chi connectivity index (χ0v) is 7.79. The summed E-state index contributed by atoms with van der Waals surface area (Å²) >= 11 is 0. The molecule has 0 fully saturated rings. The van der Waals surface area contributed by atoms with Crippen LogP contribution in [0.2, 0.25) is 0 Å². The van der Waals surface area contributed by atoms with E-state index in [-0.39, 0.29) is 0 Å². The van der Waals surface area contributed by atoms with Crippen molar-refractivity contribution < 1.29 is 4.79 Å². The maximum Gasteiger partial charge on any atom is 0.152 e. The zero-order chi connectivity index (χ0) is 9.56. The zero-order valence-electron chi connectivity index (χ0n) is 7.79. The first-order chi connectivity index (χ1) is 5.74. The second-order valence-corrected chi connectivity index (χ2v) is 2.25. The van der Waals surface area contributed by atoms with Gasteiger partial charge in [-0.15, -0.1) is 0 Å². The first-order valence-corrected chi connectivity index (χ1v) is 4.05. The van der Waals surface area contributed by atoms with Crippen LogP contribution in [0.3, 0.4) is 0 Å². The molecule has 1 aromatic carbocycles. The van der Waals surface area contributed by atoms with Gasteiger partial charge in [0.25, 0.3) is 0 Å². The van der Waals surface area contributed by atoms with E-state index in [0.717, 1.165) is 11.8 Å². The Morgan fingerprint density at radius 2 is 1.92 bits per heavy atom. The number of nitrogen functional groups attached to an aromatic ring is 1. The number of hydrogen-bond acceptors (Lipinski definition) is 2. The van der Waals surface area contributed by atoms with Crippen LogP contribution in [0, 0.1) is 6.92 Å². The molecule has 0 atom stereocenters. The van der Waals surface area contributed by atoms with Gasteiger partial charge in [-0.3, -0.25) is 4.79 Å². The molecule has 2 N–H and O–H groups in total. The second kappa shape index (κ2) is 5.35. The van der Waals surface area contributed by atoms with E-state index in [1.165, 1.54) is 0 Å². The first kappa shape index (κ1) is 10.7. The summed E-state index contributed by atoms with van der Waals surface area (Å²) in [5, 5.41) is 0. The predicted octanol–water partition coefficient (Wildman–Crippen LogP) is 2.42. The third-order valence-electron chi connectivity index (χ3n) is 1.37. The van der Waals surface area contributed by atoms with Crippen LogP contribution in [0.25, 0.3) is 0 Å². The summed E-state index contributed by atoms with van der Waals surface area (Å²) in [6, 6.07) is 5.36. The fourth-order valence-corrected chi connectivity index (χ4v) is 0.802. The molecule has 12 heavy (non-hydrogen) atoms. The molecule has 0 saturated carbocycles. The highest BCUT2D eigenvalue weighted by molar-refractivity contribution is 5.83. The molecule has 0 spiro atoms. The largest absolute Gasteiger partial charge is 0.398 e. The Kier molecular flexibility index (Phi) is 4.77. The van der Waals surface area contributed by atoms with Crippen LogP contribution >= 0.6 is 0 Å². The van der Waals surface area contributed by atoms with Crippen LogP contribution in [0.4, 0.5) is 5.69 Å². The van der Waals surface area contributed by atoms with Gasteiger partial charge in [0, 0.05) is 11.3 Å². The minimum atomic E-state index is 0.551. The van der Waals surface area contributed by atoms with Crippen molar-refractivity contribution in [2.45, 2.75) is 20.8 Å². The Morgan fingerprint density at radius 1 is 1.33 bits per heavy atom. The maximum atomic E-state index is 10.3. The molecule has 0 aliphatic heterocycles. The smallest absolute Gasteiger partial charge is 0.152 e. The summed E-state index contributed by atoms with van der Waals surface area (Å²) < 4.78 is 0. The van der Waals surface area contributed by atoms with E-state index in [4.69, 9.17) is 5.73 Å². The molecule has 2 heteroatoms. The highest BCUT2D eigenvalue weighted by Crippen LogP contribution is 2.10. The molecule has 0 aromatic heterocycles. The summed E-state index contributed by atoms with van der Waals surface area (Å²) in [4.78, 5) is 10.3. The van der Waals surface area contributed by atoms with Gasteiger partial charge >= 0.3 is 0 Å². The number of carbonyl (C=O) groups excluding carboxylic acids is 1. The third-order valence-corrected chi connectivity index (χ3v) is 1.37. The van der Waals surface area contributed by atoms with Crippen LogP contribution in [0.15, 0.2) is 18.2 Å². The molecule has 0 saturated heterocycles. The van der Waals surface area contributed by atoms with Gasteiger partial charge in [0.15, 0.2) is 6.29 Å². The molecule has 0 heterocycles. The van der Waals surface area contributed by atoms with Crippen LogP contribution in [0.1, 0.15) is 29.8 Å². The minimum absolute atomic E-state index is 0.551. The molecule has 0 aliphatic carbocycles. The van der Waals surface area contributed by atoms with Crippen molar-refractivity contribution >= 4 is 12.0 Å². The molecule has 66 valence electrons. The number of aldehydes is 1. The number of aryl methyl sites for hydroxylation is 1. The number of carbonyl (C=O) groups is 1. The Bertz CT molecular complexity index is 256. The van der Waals surface area contributed by atoms with Gasteiger partial charge in [-0.2, -0.15) is 0 Å². The predicted molar refractivity (Wildman–Crippen MR) is 52.3 cm³/mol. The number of nitrogens with two attached hydrogens (primary N) is 1. The van der Waals surface area contributed by atoms with Crippen molar-refractivity contribution in [1.29, 1.82) is 0 Å². The lowest BCUT2D eigenvalue weighted by Gasteiger charge is -1.97. The minimum Gasteiger partial charge on any atom is -0.398 e. The highest BCUT2D eigenvalue weighted by Gasteiger charge is 1.94. The molecular formula is C10H15NO. The van der Waals surface area contributed by atoms with E-state index in [9.17, 15) is 4.79 Å². The van der Waals surface area contributed by atoms with Gasteiger partial charge in [0.2, 0.25) is 0 Å². The number of hydrogen-bond donors (Lipinski definition) is 1. The van der Waals surface area contributed by atoms with Gasteiger partial charge in [0.05, 0.1) is 0 Å². The molecule has 0 unspecified atom stereocenters. The average molecular weight is 165 g/mol. The summed E-state index contributed by atoms with van der Waals surface area (Å²) in [5.74, 6) is 0. The van der Waals surface area contributed by atoms with Gasteiger partial charge < -0.3 is 5.73 Å². The summed E-state index contributed by atoms with van der Waals surface area (Å²) in [6.45, 7) is 5.94. The molecule has 0 aliphatic rings. The summed E-state index contributed by atoms with van der Waals surface area (Å²) in [6.07, 6.45) is 0.759. The second-order valence-electron chi connectivity index (χ2n) is 2.25. The highest BCUT2D eigenvalue weighted by atomic mass is 16.1. The Hall–Kier alpha value is -1.31. The molecule has 0 amide bonds. The fraction of sp³-hybridized carbons (Fsp3) is 0.300. The molecule has 2 nitrogen and oxygen atoms in total.